The molecule has 146 valence electrons. The molecule has 0 fully saturated rings. The number of amides is 2. The van der Waals surface area contributed by atoms with E-state index < -0.39 is 0 Å². The molecule has 2 amide bonds. The summed E-state index contributed by atoms with van der Waals surface area (Å²) in [4.78, 5) is 14.9. The largest absolute Gasteiger partial charge is 0.492 e. The fourth-order valence-corrected chi connectivity index (χ4v) is 3.99. The van der Waals surface area contributed by atoms with Crippen molar-refractivity contribution in [2.45, 2.75) is 19.9 Å². The highest BCUT2D eigenvalue weighted by Gasteiger charge is 2.45. The third kappa shape index (κ3) is 3.23. The first kappa shape index (κ1) is 18.5. The van der Waals surface area contributed by atoms with Gasteiger partial charge in [0.2, 0.25) is 0 Å². The Hall–Kier alpha value is -2.89. The van der Waals surface area contributed by atoms with Gasteiger partial charge in [-0.25, -0.2) is 14.2 Å². The number of hydrazone groups is 1. The molecule has 5 nitrogen and oxygen atoms in total. The summed E-state index contributed by atoms with van der Waals surface area (Å²) in [6.07, 6.45) is 0. The van der Waals surface area contributed by atoms with Crippen molar-refractivity contribution < 1.29 is 13.9 Å². The van der Waals surface area contributed by atoms with Crippen molar-refractivity contribution in [3.8, 4) is 5.75 Å². The van der Waals surface area contributed by atoms with Gasteiger partial charge in [0, 0.05) is 19.2 Å². The van der Waals surface area contributed by atoms with Crippen LogP contribution in [-0.4, -0.2) is 41.9 Å². The molecule has 2 atom stereocenters. The molecule has 6 heteroatoms. The first-order valence-corrected chi connectivity index (χ1v) is 9.56. The van der Waals surface area contributed by atoms with Crippen molar-refractivity contribution in [1.82, 2.24) is 9.91 Å². The number of nitrogens with zero attached hydrogens (tertiary/aromatic N) is 3. The van der Waals surface area contributed by atoms with Crippen LogP contribution in [0.5, 0.6) is 5.75 Å². The number of carbonyl (C=O) groups is 1. The second-order valence-electron chi connectivity index (χ2n) is 7.80. The van der Waals surface area contributed by atoms with Gasteiger partial charge in [-0.15, -0.1) is 0 Å². The van der Waals surface area contributed by atoms with Gasteiger partial charge in [-0.1, -0.05) is 44.2 Å². The van der Waals surface area contributed by atoms with E-state index in [1.54, 1.807) is 23.0 Å². The smallest absolute Gasteiger partial charge is 0.340 e. The molecule has 2 aliphatic heterocycles. The predicted molar refractivity (Wildman–Crippen MR) is 106 cm³/mol. The summed E-state index contributed by atoms with van der Waals surface area (Å²) in [6, 6.07) is 13.8. The van der Waals surface area contributed by atoms with Crippen LogP contribution in [0.2, 0.25) is 0 Å². The van der Waals surface area contributed by atoms with E-state index in [2.05, 4.69) is 13.8 Å². The van der Waals surface area contributed by atoms with E-state index in [-0.39, 0.29) is 23.8 Å². The van der Waals surface area contributed by atoms with Crippen LogP contribution in [0.4, 0.5) is 9.18 Å². The normalized spacial score (nSPS) is 20.3. The number of hydrogen-bond acceptors (Lipinski definition) is 3. The number of benzene rings is 2. The molecule has 2 aliphatic rings. The number of fused-ring (bicyclic) bond motifs is 3. The summed E-state index contributed by atoms with van der Waals surface area (Å²) in [6.45, 7) is 5.17. The standard InChI is InChI=1S/C22H24FN3O2/c1-14(2)12-25(3)22(27)26-21(15-7-5-4-6-8-15)18-13-28-19-10-9-16(23)11-17(19)20(18)24-26/h4-11,14,18,21H,12-13H2,1-3H3/t18-,21-/m1/s1. The molecule has 2 heterocycles. The van der Waals surface area contributed by atoms with Gasteiger partial charge in [-0.2, -0.15) is 5.10 Å². The van der Waals surface area contributed by atoms with Crippen molar-refractivity contribution in [3.63, 3.8) is 0 Å². The van der Waals surface area contributed by atoms with Crippen LogP contribution >= 0.6 is 0 Å². The lowest BCUT2D eigenvalue weighted by Crippen LogP contribution is -2.42. The van der Waals surface area contributed by atoms with Gasteiger partial charge in [0.25, 0.3) is 0 Å². The van der Waals surface area contributed by atoms with Gasteiger partial charge >= 0.3 is 6.03 Å². The molecule has 28 heavy (non-hydrogen) atoms. The van der Waals surface area contributed by atoms with E-state index in [1.165, 1.54) is 12.1 Å². The molecule has 0 spiro atoms. The van der Waals surface area contributed by atoms with Crippen LogP contribution in [0.3, 0.4) is 0 Å². The van der Waals surface area contributed by atoms with Gasteiger partial charge in [-0.05, 0) is 29.7 Å². The summed E-state index contributed by atoms with van der Waals surface area (Å²) in [5.74, 6) is 0.463. The van der Waals surface area contributed by atoms with Crippen molar-refractivity contribution in [2.75, 3.05) is 20.2 Å². The number of urea groups is 1. The highest BCUT2D eigenvalue weighted by molar-refractivity contribution is 6.07. The molecule has 2 aromatic carbocycles. The number of hydrogen-bond donors (Lipinski definition) is 0. The molecular weight excluding hydrogens is 357 g/mol. The van der Waals surface area contributed by atoms with Crippen LogP contribution in [0, 0.1) is 17.7 Å². The summed E-state index contributed by atoms with van der Waals surface area (Å²) in [5, 5.41) is 6.23. The van der Waals surface area contributed by atoms with E-state index in [4.69, 9.17) is 9.84 Å². The number of carbonyl (C=O) groups excluding carboxylic acids is 1. The predicted octanol–water partition coefficient (Wildman–Crippen LogP) is 4.30. The SMILES string of the molecule is CC(C)CN(C)C(=O)N1N=C2c3cc(F)ccc3OC[C@H]2[C@H]1c1ccccc1. The highest BCUT2D eigenvalue weighted by Crippen LogP contribution is 2.42. The van der Waals surface area contributed by atoms with Crippen LogP contribution in [-0.2, 0) is 0 Å². The third-order valence-corrected chi connectivity index (χ3v) is 5.15. The number of ether oxygens (including phenoxy) is 1. The third-order valence-electron chi connectivity index (χ3n) is 5.15. The van der Waals surface area contributed by atoms with Gasteiger partial charge in [-0.3, -0.25) is 0 Å². The number of rotatable bonds is 3. The van der Waals surface area contributed by atoms with Crippen LogP contribution < -0.4 is 4.74 Å². The van der Waals surface area contributed by atoms with Gasteiger partial charge in [0.15, 0.2) is 0 Å². The van der Waals surface area contributed by atoms with E-state index in [1.807, 2.05) is 30.3 Å². The van der Waals surface area contributed by atoms with Crippen LogP contribution in [0.25, 0.3) is 0 Å². The lowest BCUT2D eigenvalue weighted by molar-refractivity contribution is 0.130. The average Bonchev–Trinajstić information content (AvgIpc) is 3.07. The topological polar surface area (TPSA) is 45.1 Å². The minimum Gasteiger partial charge on any atom is -0.492 e. The van der Waals surface area contributed by atoms with Gasteiger partial charge < -0.3 is 9.64 Å². The molecule has 2 aromatic rings. The Morgan fingerprint density at radius 3 is 2.75 bits per heavy atom. The minimum absolute atomic E-state index is 0.145. The van der Waals surface area contributed by atoms with Crippen molar-refractivity contribution in [2.24, 2.45) is 16.9 Å². The Labute approximate surface area is 164 Å². The Balaban J connectivity index is 1.77. The zero-order valence-electron chi connectivity index (χ0n) is 16.3. The molecule has 0 aromatic heterocycles. The Bertz CT molecular complexity index is 913. The van der Waals surface area contributed by atoms with Gasteiger partial charge in [0.05, 0.1) is 24.3 Å². The first-order chi connectivity index (χ1) is 13.5. The lowest BCUT2D eigenvalue weighted by Gasteiger charge is -2.32. The van der Waals surface area contributed by atoms with Crippen molar-refractivity contribution in [1.29, 1.82) is 0 Å². The molecule has 0 bridgehead atoms. The van der Waals surface area contributed by atoms with E-state index in [0.29, 0.717) is 36.1 Å². The molecule has 0 unspecified atom stereocenters. The maximum atomic E-state index is 13.9. The lowest BCUT2D eigenvalue weighted by atomic mass is 9.86. The fourth-order valence-electron chi connectivity index (χ4n) is 3.99. The molecule has 0 saturated carbocycles. The highest BCUT2D eigenvalue weighted by atomic mass is 19.1. The first-order valence-electron chi connectivity index (χ1n) is 9.56. The second kappa shape index (κ2) is 7.26. The van der Waals surface area contributed by atoms with Crippen LogP contribution in [0.15, 0.2) is 53.6 Å². The van der Waals surface area contributed by atoms with E-state index >= 15 is 0 Å². The molecule has 0 saturated heterocycles. The molecule has 0 aliphatic carbocycles. The fraction of sp³-hybridized carbons (Fsp3) is 0.364. The molecule has 0 N–H and O–H groups in total. The Morgan fingerprint density at radius 2 is 2.04 bits per heavy atom. The van der Waals surface area contributed by atoms with Gasteiger partial charge in [0.1, 0.15) is 11.6 Å². The monoisotopic (exact) mass is 381 g/mol. The second-order valence-corrected chi connectivity index (χ2v) is 7.80. The summed E-state index contributed by atoms with van der Waals surface area (Å²) < 4.78 is 19.8. The van der Waals surface area contributed by atoms with E-state index in [0.717, 1.165) is 5.56 Å². The van der Waals surface area contributed by atoms with Crippen molar-refractivity contribution >= 4 is 11.7 Å². The molecular formula is C22H24FN3O2. The number of halogens is 1. The average molecular weight is 381 g/mol. The summed E-state index contributed by atoms with van der Waals surface area (Å²) in [5.41, 5.74) is 2.32. The van der Waals surface area contributed by atoms with E-state index in [9.17, 15) is 9.18 Å². The maximum absolute atomic E-state index is 13.9. The Morgan fingerprint density at radius 1 is 1.29 bits per heavy atom. The molecule has 4 rings (SSSR count). The Kier molecular flexibility index (Phi) is 4.79. The quantitative estimate of drug-likeness (QED) is 0.796. The van der Waals surface area contributed by atoms with Crippen LogP contribution in [0.1, 0.15) is 31.0 Å². The zero-order chi connectivity index (χ0) is 19.8. The minimum atomic E-state index is -0.344. The van der Waals surface area contributed by atoms with Crippen molar-refractivity contribution in [3.05, 3.63) is 65.5 Å². The summed E-state index contributed by atoms with van der Waals surface area (Å²) >= 11 is 0. The summed E-state index contributed by atoms with van der Waals surface area (Å²) in [7, 11) is 1.79. The maximum Gasteiger partial charge on any atom is 0.340 e. The molecule has 0 radical (unpaired) electrons. The zero-order valence-corrected chi connectivity index (χ0v) is 16.3.